The summed E-state index contributed by atoms with van der Waals surface area (Å²) in [5.74, 6) is -0.0952. The Bertz CT molecular complexity index is 472. The van der Waals surface area contributed by atoms with Crippen LogP contribution in [0.5, 0.6) is 11.5 Å². The van der Waals surface area contributed by atoms with Crippen molar-refractivity contribution >= 4 is 5.97 Å². The van der Waals surface area contributed by atoms with Gasteiger partial charge in [-0.15, -0.1) is 0 Å². The molecule has 0 aromatic heterocycles. The number of carbonyl (C=O) groups is 1. The van der Waals surface area contributed by atoms with E-state index < -0.39 is 5.97 Å². The Hall–Kier alpha value is -1.71. The van der Waals surface area contributed by atoms with E-state index in [4.69, 9.17) is 9.47 Å². The molecule has 23 heavy (non-hydrogen) atoms. The molecule has 0 saturated carbocycles. The van der Waals surface area contributed by atoms with E-state index in [0.29, 0.717) is 11.5 Å². The number of carboxylic acids is 1. The van der Waals surface area contributed by atoms with Crippen LogP contribution < -0.4 is 9.47 Å². The minimum atomic E-state index is -0.993. The molecule has 4 nitrogen and oxygen atoms in total. The molecule has 1 rings (SSSR count). The second-order valence-electron chi connectivity index (χ2n) is 5.86. The molecule has 0 spiro atoms. The number of aromatic carboxylic acids is 1. The second-order valence-corrected chi connectivity index (χ2v) is 5.86. The Labute approximate surface area is 139 Å². The second kappa shape index (κ2) is 10.1. The predicted molar refractivity (Wildman–Crippen MR) is 93.0 cm³/mol. The zero-order valence-electron chi connectivity index (χ0n) is 14.9. The molecule has 0 radical (unpaired) electrons. The van der Waals surface area contributed by atoms with Crippen LogP contribution in [0, 0.1) is 0 Å². The maximum Gasteiger partial charge on any atom is 0.343 e. The van der Waals surface area contributed by atoms with Crippen LogP contribution in [-0.2, 0) is 12.8 Å². The van der Waals surface area contributed by atoms with Crippen molar-refractivity contribution in [3.63, 3.8) is 0 Å². The summed E-state index contributed by atoms with van der Waals surface area (Å²) in [4.78, 5) is 11.8. The van der Waals surface area contributed by atoms with Crippen LogP contribution in [0.25, 0.3) is 0 Å². The van der Waals surface area contributed by atoms with Crippen molar-refractivity contribution in [3.8, 4) is 11.5 Å². The van der Waals surface area contributed by atoms with Gasteiger partial charge in [-0.2, -0.15) is 0 Å². The lowest BCUT2D eigenvalue weighted by molar-refractivity contribution is 0.0689. The van der Waals surface area contributed by atoms with Gasteiger partial charge in [0.1, 0.15) is 17.1 Å². The smallest absolute Gasteiger partial charge is 0.343 e. The van der Waals surface area contributed by atoms with Gasteiger partial charge in [0.05, 0.1) is 14.2 Å². The fourth-order valence-corrected chi connectivity index (χ4v) is 2.93. The normalized spacial score (nSPS) is 10.6. The van der Waals surface area contributed by atoms with Gasteiger partial charge in [0, 0.05) is 0 Å². The van der Waals surface area contributed by atoms with E-state index in [-0.39, 0.29) is 5.56 Å². The first kappa shape index (κ1) is 19.3. The largest absolute Gasteiger partial charge is 0.495 e. The lowest BCUT2D eigenvalue weighted by atomic mass is 9.95. The van der Waals surface area contributed by atoms with Crippen LogP contribution >= 0.6 is 0 Å². The fraction of sp³-hybridized carbons (Fsp3) is 0.632. The SMILES string of the molecule is CCCCCc1cc(CCCCC)c(OC)c(C(=O)O)c1OC. The van der Waals surface area contributed by atoms with Crippen LogP contribution in [0.2, 0.25) is 0 Å². The maximum atomic E-state index is 11.8. The summed E-state index contributed by atoms with van der Waals surface area (Å²) < 4.78 is 10.9. The quantitative estimate of drug-likeness (QED) is 0.591. The number of aryl methyl sites for hydroxylation is 2. The molecule has 0 fully saturated rings. The summed E-state index contributed by atoms with van der Waals surface area (Å²) in [6.07, 6.45) is 8.26. The first-order valence-corrected chi connectivity index (χ1v) is 8.60. The third-order valence-corrected chi connectivity index (χ3v) is 4.11. The van der Waals surface area contributed by atoms with Crippen LogP contribution in [0.1, 0.15) is 73.9 Å². The molecule has 0 atom stereocenters. The van der Waals surface area contributed by atoms with Gasteiger partial charge >= 0.3 is 5.97 Å². The van der Waals surface area contributed by atoms with E-state index in [2.05, 4.69) is 19.9 Å². The average molecular weight is 322 g/mol. The third-order valence-electron chi connectivity index (χ3n) is 4.11. The summed E-state index contributed by atoms with van der Waals surface area (Å²) >= 11 is 0. The minimum absolute atomic E-state index is 0.162. The van der Waals surface area contributed by atoms with E-state index in [1.165, 1.54) is 14.2 Å². The molecule has 0 bridgehead atoms. The van der Waals surface area contributed by atoms with Crippen LogP contribution in [0.4, 0.5) is 0 Å². The van der Waals surface area contributed by atoms with Crippen molar-refractivity contribution < 1.29 is 19.4 Å². The summed E-state index contributed by atoms with van der Waals surface area (Å²) in [6, 6.07) is 2.08. The number of methoxy groups -OCH3 is 2. The van der Waals surface area contributed by atoms with E-state index in [9.17, 15) is 9.90 Å². The standard InChI is InChI=1S/C19H30O4/c1-5-7-9-11-14-13-15(12-10-8-6-2)18(23-4)16(19(20)21)17(14)22-3/h13H,5-12H2,1-4H3,(H,20,21). The topological polar surface area (TPSA) is 55.8 Å². The molecule has 0 aliphatic heterocycles. The van der Waals surface area contributed by atoms with Gasteiger partial charge in [-0.05, 0) is 42.9 Å². The van der Waals surface area contributed by atoms with Crippen molar-refractivity contribution in [2.45, 2.75) is 65.2 Å². The minimum Gasteiger partial charge on any atom is -0.495 e. The molecule has 0 saturated heterocycles. The molecule has 1 aromatic carbocycles. The van der Waals surface area contributed by atoms with E-state index in [1.54, 1.807) is 0 Å². The van der Waals surface area contributed by atoms with Crippen molar-refractivity contribution in [1.29, 1.82) is 0 Å². The number of carboxylic acid groups (broad SMARTS) is 1. The zero-order chi connectivity index (χ0) is 17.2. The first-order valence-electron chi connectivity index (χ1n) is 8.60. The molecule has 0 aliphatic carbocycles. The van der Waals surface area contributed by atoms with Gasteiger partial charge < -0.3 is 14.6 Å². The molecule has 1 N–H and O–H groups in total. The number of benzene rings is 1. The molecule has 4 heteroatoms. The summed E-state index contributed by atoms with van der Waals surface area (Å²) in [7, 11) is 3.06. The number of ether oxygens (including phenoxy) is 2. The van der Waals surface area contributed by atoms with Gasteiger partial charge in [-0.25, -0.2) is 4.79 Å². The Balaban J connectivity index is 3.29. The van der Waals surface area contributed by atoms with Gasteiger partial charge in [-0.1, -0.05) is 39.5 Å². The molecular formula is C19H30O4. The molecule has 0 aliphatic rings. The number of rotatable bonds is 11. The first-order chi connectivity index (χ1) is 11.1. The van der Waals surface area contributed by atoms with Crippen molar-refractivity contribution in [1.82, 2.24) is 0 Å². The van der Waals surface area contributed by atoms with Gasteiger partial charge in [0.2, 0.25) is 0 Å². The van der Waals surface area contributed by atoms with Crippen molar-refractivity contribution in [3.05, 3.63) is 22.8 Å². The summed E-state index contributed by atoms with van der Waals surface area (Å²) in [6.45, 7) is 4.31. The van der Waals surface area contributed by atoms with E-state index in [0.717, 1.165) is 62.5 Å². The maximum absolute atomic E-state index is 11.8. The third kappa shape index (κ3) is 5.15. The molecular weight excluding hydrogens is 292 g/mol. The highest BCUT2D eigenvalue weighted by molar-refractivity contribution is 5.95. The summed E-state index contributed by atoms with van der Waals surface area (Å²) in [5.41, 5.74) is 2.12. The number of unbranched alkanes of at least 4 members (excludes halogenated alkanes) is 4. The Morgan fingerprint density at radius 2 is 1.35 bits per heavy atom. The Kier molecular flexibility index (Phi) is 8.52. The van der Waals surface area contributed by atoms with Gasteiger partial charge in [0.25, 0.3) is 0 Å². The molecule has 0 unspecified atom stereocenters. The average Bonchev–Trinajstić information content (AvgIpc) is 2.54. The van der Waals surface area contributed by atoms with Crippen LogP contribution in [0.3, 0.4) is 0 Å². The molecule has 0 amide bonds. The number of hydrogen-bond acceptors (Lipinski definition) is 3. The highest BCUT2D eigenvalue weighted by atomic mass is 16.5. The van der Waals surface area contributed by atoms with Gasteiger partial charge in [0.15, 0.2) is 0 Å². The fourth-order valence-electron chi connectivity index (χ4n) is 2.93. The van der Waals surface area contributed by atoms with Gasteiger partial charge in [-0.3, -0.25) is 0 Å². The summed E-state index contributed by atoms with van der Waals surface area (Å²) in [5, 5.41) is 9.64. The highest BCUT2D eigenvalue weighted by Gasteiger charge is 2.24. The van der Waals surface area contributed by atoms with Crippen LogP contribution in [-0.4, -0.2) is 25.3 Å². The highest BCUT2D eigenvalue weighted by Crippen LogP contribution is 2.37. The molecule has 130 valence electrons. The molecule has 1 aromatic rings. The predicted octanol–water partition coefficient (Wildman–Crippen LogP) is 4.87. The lowest BCUT2D eigenvalue weighted by Gasteiger charge is -2.18. The zero-order valence-corrected chi connectivity index (χ0v) is 14.9. The van der Waals surface area contributed by atoms with E-state index in [1.807, 2.05) is 0 Å². The van der Waals surface area contributed by atoms with Crippen LogP contribution in [0.15, 0.2) is 6.07 Å². The van der Waals surface area contributed by atoms with E-state index >= 15 is 0 Å². The molecule has 0 heterocycles. The number of hydrogen-bond donors (Lipinski definition) is 1. The monoisotopic (exact) mass is 322 g/mol. The van der Waals surface area contributed by atoms with Crippen molar-refractivity contribution in [2.24, 2.45) is 0 Å². The van der Waals surface area contributed by atoms with Crippen molar-refractivity contribution in [2.75, 3.05) is 14.2 Å². The Morgan fingerprint density at radius 1 is 0.913 bits per heavy atom. The lowest BCUT2D eigenvalue weighted by Crippen LogP contribution is -2.09. The Morgan fingerprint density at radius 3 is 1.65 bits per heavy atom.